The molecule has 1 aromatic heterocycles. The minimum atomic E-state index is -0.507. The van der Waals surface area contributed by atoms with Gasteiger partial charge >= 0.3 is 5.69 Å². The molecule has 0 bridgehead atoms. The van der Waals surface area contributed by atoms with Crippen LogP contribution in [0.3, 0.4) is 0 Å². The molecule has 0 aliphatic heterocycles. The highest BCUT2D eigenvalue weighted by atomic mass is 79.9. The molecule has 1 heterocycles. The van der Waals surface area contributed by atoms with Crippen LogP contribution in [0.1, 0.15) is 0 Å². The molecule has 0 fully saturated rings. The minimum Gasteiger partial charge on any atom is -0.384 e. The van der Waals surface area contributed by atoms with Gasteiger partial charge in [0.15, 0.2) is 0 Å². The third-order valence-corrected chi connectivity index (χ3v) is 2.67. The summed E-state index contributed by atoms with van der Waals surface area (Å²) in [6.07, 6.45) is 0. The van der Waals surface area contributed by atoms with Crippen molar-refractivity contribution in [3.05, 3.63) is 51.0 Å². The van der Waals surface area contributed by atoms with Gasteiger partial charge in [0.05, 0.1) is 4.92 Å². The molecule has 1 aromatic carbocycles. The lowest BCUT2D eigenvalue weighted by molar-refractivity contribution is -0.384. The molecule has 18 heavy (non-hydrogen) atoms. The van der Waals surface area contributed by atoms with Gasteiger partial charge in [-0.15, -0.1) is 0 Å². The molecule has 6 nitrogen and oxygen atoms in total. The molecule has 0 aliphatic carbocycles. The van der Waals surface area contributed by atoms with Crippen molar-refractivity contribution < 1.29 is 4.92 Å². The van der Waals surface area contributed by atoms with E-state index in [4.69, 9.17) is 5.73 Å². The highest BCUT2D eigenvalue weighted by Crippen LogP contribution is 2.27. The van der Waals surface area contributed by atoms with E-state index in [1.54, 1.807) is 12.1 Å². The molecule has 3 N–H and O–H groups in total. The average Bonchev–Trinajstić information content (AvgIpc) is 2.28. The van der Waals surface area contributed by atoms with Crippen molar-refractivity contribution in [3.8, 4) is 0 Å². The number of nitrogens with two attached hydrogens (primary N) is 1. The third-order valence-electron chi connectivity index (χ3n) is 2.18. The molecule has 0 saturated heterocycles. The summed E-state index contributed by atoms with van der Waals surface area (Å²) in [5, 5.41) is 13.7. The number of hydrogen-bond acceptors (Lipinski definition) is 5. The van der Waals surface area contributed by atoms with Crippen molar-refractivity contribution >= 4 is 38.9 Å². The Morgan fingerprint density at radius 1 is 1.33 bits per heavy atom. The van der Waals surface area contributed by atoms with Gasteiger partial charge in [-0.05, 0) is 24.3 Å². The summed E-state index contributed by atoms with van der Waals surface area (Å²) in [7, 11) is 0. The Morgan fingerprint density at radius 2 is 2.11 bits per heavy atom. The van der Waals surface area contributed by atoms with Crippen molar-refractivity contribution in [1.29, 1.82) is 0 Å². The number of pyridine rings is 1. The monoisotopic (exact) mass is 308 g/mol. The Kier molecular flexibility index (Phi) is 3.42. The Morgan fingerprint density at radius 3 is 2.78 bits per heavy atom. The fraction of sp³-hybridized carbons (Fsp3) is 0. The van der Waals surface area contributed by atoms with Crippen molar-refractivity contribution in [2.45, 2.75) is 0 Å². The summed E-state index contributed by atoms with van der Waals surface area (Å²) in [5.74, 6) is 0.344. The number of nitrogens with one attached hydrogen (secondary N) is 1. The lowest BCUT2D eigenvalue weighted by Gasteiger charge is -2.07. The molecule has 0 saturated carbocycles. The molecule has 0 aliphatic rings. The van der Waals surface area contributed by atoms with Crippen LogP contribution in [0.25, 0.3) is 0 Å². The molecule has 0 unspecified atom stereocenters. The van der Waals surface area contributed by atoms with Crippen LogP contribution < -0.4 is 11.1 Å². The fourth-order valence-electron chi connectivity index (χ4n) is 1.41. The second-order valence-electron chi connectivity index (χ2n) is 3.50. The molecule has 0 amide bonds. The molecule has 2 aromatic rings. The number of benzene rings is 1. The second kappa shape index (κ2) is 5.01. The van der Waals surface area contributed by atoms with Crippen LogP contribution in [-0.2, 0) is 0 Å². The average molecular weight is 309 g/mol. The van der Waals surface area contributed by atoms with E-state index in [9.17, 15) is 10.1 Å². The topological polar surface area (TPSA) is 94.1 Å². The number of hydrogen-bond donors (Lipinski definition) is 2. The van der Waals surface area contributed by atoms with E-state index in [1.807, 2.05) is 12.1 Å². The lowest BCUT2D eigenvalue weighted by Crippen LogP contribution is -2.01. The normalized spacial score (nSPS) is 10.1. The van der Waals surface area contributed by atoms with Gasteiger partial charge in [-0.25, -0.2) is 4.98 Å². The Labute approximate surface area is 111 Å². The maximum absolute atomic E-state index is 10.9. The zero-order valence-electron chi connectivity index (χ0n) is 9.13. The predicted octanol–water partition coefficient (Wildman–Crippen LogP) is 3.08. The maximum Gasteiger partial charge on any atom is 0.311 e. The van der Waals surface area contributed by atoms with E-state index in [0.717, 1.165) is 4.47 Å². The van der Waals surface area contributed by atoms with Crippen molar-refractivity contribution in [2.24, 2.45) is 0 Å². The predicted molar refractivity (Wildman–Crippen MR) is 72.7 cm³/mol. The number of nitrogen functional groups attached to an aromatic ring is 1. The zero-order chi connectivity index (χ0) is 13.1. The molecule has 0 atom stereocenters. The van der Waals surface area contributed by atoms with Crippen LogP contribution >= 0.6 is 15.9 Å². The number of rotatable bonds is 3. The van der Waals surface area contributed by atoms with Crippen LogP contribution in [0, 0.1) is 10.1 Å². The van der Waals surface area contributed by atoms with E-state index in [1.165, 1.54) is 12.1 Å². The molecule has 0 radical (unpaired) electrons. The molecule has 7 heteroatoms. The van der Waals surface area contributed by atoms with Crippen molar-refractivity contribution in [3.63, 3.8) is 0 Å². The van der Waals surface area contributed by atoms with Crippen molar-refractivity contribution in [2.75, 3.05) is 11.1 Å². The van der Waals surface area contributed by atoms with Crippen LogP contribution in [0.5, 0.6) is 0 Å². The SMILES string of the molecule is Nc1ccc([N+](=O)[O-])c(Nc2cccc(Br)c2)n1. The smallest absolute Gasteiger partial charge is 0.311 e. The van der Waals surface area contributed by atoms with Gasteiger partial charge in [0.1, 0.15) is 5.82 Å². The van der Waals surface area contributed by atoms with Gasteiger partial charge in [-0.3, -0.25) is 10.1 Å². The van der Waals surface area contributed by atoms with E-state index >= 15 is 0 Å². The number of nitrogens with zero attached hydrogens (tertiary/aromatic N) is 2. The summed E-state index contributed by atoms with van der Waals surface area (Å²) in [6.45, 7) is 0. The minimum absolute atomic E-state index is 0.121. The van der Waals surface area contributed by atoms with Gasteiger partial charge in [-0.1, -0.05) is 22.0 Å². The van der Waals surface area contributed by atoms with Gasteiger partial charge in [-0.2, -0.15) is 0 Å². The Hall–Kier alpha value is -2.15. The summed E-state index contributed by atoms with van der Waals surface area (Å²) in [5.41, 5.74) is 6.09. The summed E-state index contributed by atoms with van der Waals surface area (Å²) >= 11 is 3.32. The van der Waals surface area contributed by atoms with Gasteiger partial charge in [0.2, 0.25) is 5.82 Å². The second-order valence-corrected chi connectivity index (χ2v) is 4.41. The molecular formula is C11H9BrN4O2. The first kappa shape index (κ1) is 12.3. The van der Waals surface area contributed by atoms with Crippen molar-refractivity contribution in [1.82, 2.24) is 4.98 Å². The Balaban J connectivity index is 2.39. The quantitative estimate of drug-likeness (QED) is 0.671. The van der Waals surface area contributed by atoms with Crippen LogP contribution in [0.15, 0.2) is 40.9 Å². The Bertz CT molecular complexity index is 603. The first-order valence-corrected chi connectivity index (χ1v) is 5.79. The van der Waals surface area contributed by atoms with Crippen LogP contribution in [0.4, 0.5) is 23.0 Å². The highest BCUT2D eigenvalue weighted by Gasteiger charge is 2.15. The third kappa shape index (κ3) is 2.75. The summed E-state index contributed by atoms with van der Waals surface area (Å²) in [4.78, 5) is 14.3. The highest BCUT2D eigenvalue weighted by molar-refractivity contribution is 9.10. The first-order valence-electron chi connectivity index (χ1n) is 5.00. The number of halogens is 1. The van der Waals surface area contributed by atoms with Gasteiger partial charge in [0, 0.05) is 16.2 Å². The van der Waals surface area contributed by atoms with Gasteiger partial charge < -0.3 is 11.1 Å². The van der Waals surface area contributed by atoms with Gasteiger partial charge in [0.25, 0.3) is 0 Å². The fourth-order valence-corrected chi connectivity index (χ4v) is 1.81. The summed E-state index contributed by atoms with van der Waals surface area (Å²) < 4.78 is 0.860. The molecule has 2 rings (SSSR count). The maximum atomic E-state index is 10.9. The first-order chi connectivity index (χ1) is 8.56. The molecule has 92 valence electrons. The molecular weight excluding hydrogens is 300 g/mol. The lowest BCUT2D eigenvalue weighted by atomic mass is 10.3. The van der Waals surface area contributed by atoms with Crippen LogP contribution in [-0.4, -0.2) is 9.91 Å². The van der Waals surface area contributed by atoms with E-state index < -0.39 is 4.92 Å². The largest absolute Gasteiger partial charge is 0.384 e. The zero-order valence-corrected chi connectivity index (χ0v) is 10.7. The van der Waals surface area contributed by atoms with Crippen LogP contribution in [0.2, 0.25) is 0 Å². The number of anilines is 3. The number of aromatic nitrogens is 1. The standard InChI is InChI=1S/C11H9BrN4O2/c12-7-2-1-3-8(6-7)14-11-9(16(17)18)4-5-10(13)15-11/h1-6H,(H3,13,14,15). The number of nitro groups is 1. The molecule has 0 spiro atoms. The summed E-state index contributed by atoms with van der Waals surface area (Å²) in [6, 6.07) is 9.94. The van der Waals surface area contributed by atoms with E-state index in [0.29, 0.717) is 5.69 Å². The van der Waals surface area contributed by atoms with E-state index in [2.05, 4.69) is 26.2 Å². The van der Waals surface area contributed by atoms with E-state index in [-0.39, 0.29) is 17.3 Å².